The summed E-state index contributed by atoms with van der Waals surface area (Å²) in [6.45, 7) is 0.751. The molecule has 0 atom stereocenters. The lowest BCUT2D eigenvalue weighted by Gasteiger charge is -2.09. The van der Waals surface area contributed by atoms with Gasteiger partial charge in [-0.15, -0.1) is 0 Å². The zero-order valence-corrected chi connectivity index (χ0v) is 14.1. The summed E-state index contributed by atoms with van der Waals surface area (Å²) >= 11 is 0. The number of imidazole rings is 1. The minimum Gasteiger partial charge on any atom is -0.381 e. The lowest BCUT2D eigenvalue weighted by Crippen LogP contribution is -2.11. The predicted molar refractivity (Wildman–Crippen MR) is 103 cm³/mol. The molecule has 5 heteroatoms. The van der Waals surface area contributed by atoms with Crippen molar-refractivity contribution >= 4 is 22.6 Å². The number of carbonyl (C=O) groups excluding carboxylic acids is 1. The second-order valence-corrected chi connectivity index (χ2v) is 6.04. The van der Waals surface area contributed by atoms with Gasteiger partial charge in [-0.2, -0.15) is 0 Å². The lowest BCUT2D eigenvalue weighted by molar-refractivity contribution is 0.100. The largest absolute Gasteiger partial charge is 0.381 e. The lowest BCUT2D eigenvalue weighted by atomic mass is 10.1. The van der Waals surface area contributed by atoms with Gasteiger partial charge in [0, 0.05) is 17.9 Å². The number of rotatable bonds is 5. The van der Waals surface area contributed by atoms with Gasteiger partial charge in [-0.25, -0.2) is 4.98 Å². The molecule has 26 heavy (non-hydrogen) atoms. The highest BCUT2D eigenvalue weighted by molar-refractivity contribution is 6.04. The zero-order valence-electron chi connectivity index (χ0n) is 14.1. The first-order valence-electron chi connectivity index (χ1n) is 8.36. The molecule has 0 radical (unpaired) electrons. The number of nitrogens with one attached hydrogen (secondary N) is 1. The maximum Gasteiger partial charge on any atom is 0.250 e. The molecule has 0 spiro atoms. The molecule has 0 bridgehead atoms. The summed E-state index contributed by atoms with van der Waals surface area (Å²) in [6.07, 6.45) is 1.72. The van der Waals surface area contributed by atoms with Gasteiger partial charge in [0.2, 0.25) is 0 Å². The van der Waals surface area contributed by atoms with Crippen LogP contribution >= 0.6 is 0 Å². The highest BCUT2D eigenvalue weighted by Crippen LogP contribution is 2.21. The van der Waals surface area contributed by atoms with Crippen molar-refractivity contribution in [1.82, 2.24) is 9.55 Å². The van der Waals surface area contributed by atoms with E-state index in [0.29, 0.717) is 11.1 Å². The molecule has 0 aliphatic heterocycles. The van der Waals surface area contributed by atoms with Crippen molar-refractivity contribution in [3.05, 3.63) is 90.3 Å². The molecule has 0 saturated carbocycles. The van der Waals surface area contributed by atoms with Crippen LogP contribution in [0, 0.1) is 0 Å². The normalized spacial score (nSPS) is 10.8. The number of fused-ring (bicyclic) bond motifs is 1. The van der Waals surface area contributed by atoms with E-state index < -0.39 is 5.91 Å². The van der Waals surface area contributed by atoms with Gasteiger partial charge in [-0.05, 0) is 42.0 Å². The third-order valence-electron chi connectivity index (χ3n) is 4.33. The Morgan fingerprint density at radius 2 is 1.73 bits per heavy atom. The van der Waals surface area contributed by atoms with Crippen LogP contribution < -0.4 is 11.1 Å². The Labute approximate surface area is 151 Å². The summed E-state index contributed by atoms with van der Waals surface area (Å²) in [5.41, 5.74) is 10.6. The molecule has 1 amide bonds. The molecule has 0 saturated heterocycles. The average molecular weight is 342 g/mol. The van der Waals surface area contributed by atoms with E-state index in [1.165, 1.54) is 5.56 Å². The van der Waals surface area contributed by atoms with Gasteiger partial charge in [-0.1, -0.05) is 36.4 Å². The molecule has 4 aromatic rings. The highest BCUT2D eigenvalue weighted by atomic mass is 16.1. The highest BCUT2D eigenvalue weighted by Gasteiger charge is 2.11. The molecule has 4 rings (SSSR count). The van der Waals surface area contributed by atoms with Crippen LogP contribution in [0.1, 0.15) is 15.9 Å². The van der Waals surface area contributed by atoms with E-state index in [-0.39, 0.29) is 0 Å². The number of nitrogens with two attached hydrogens (primary N) is 1. The summed E-state index contributed by atoms with van der Waals surface area (Å²) < 4.78 is 1.95. The summed E-state index contributed by atoms with van der Waals surface area (Å²) in [7, 11) is 0. The fourth-order valence-electron chi connectivity index (χ4n) is 2.98. The summed E-state index contributed by atoms with van der Waals surface area (Å²) in [5.74, 6) is -0.469. The number of nitrogens with zero attached hydrogens (tertiary/aromatic N) is 2. The van der Waals surface area contributed by atoms with Crippen LogP contribution in [0.4, 0.5) is 5.69 Å². The minimum absolute atomic E-state index is 0.435. The maximum absolute atomic E-state index is 11.6. The molecule has 0 aliphatic rings. The van der Waals surface area contributed by atoms with Crippen molar-refractivity contribution in [3.8, 4) is 5.69 Å². The van der Waals surface area contributed by atoms with Crippen LogP contribution in [0.3, 0.4) is 0 Å². The van der Waals surface area contributed by atoms with E-state index in [2.05, 4.69) is 22.4 Å². The predicted octanol–water partition coefficient (Wildman–Crippen LogP) is 3.74. The zero-order chi connectivity index (χ0) is 17.9. The number of hydrogen-bond donors (Lipinski definition) is 2. The number of anilines is 1. The van der Waals surface area contributed by atoms with E-state index in [1.807, 2.05) is 59.2 Å². The smallest absolute Gasteiger partial charge is 0.250 e. The van der Waals surface area contributed by atoms with Crippen molar-refractivity contribution in [2.24, 2.45) is 5.73 Å². The molecule has 5 nitrogen and oxygen atoms in total. The van der Waals surface area contributed by atoms with Gasteiger partial charge in [0.15, 0.2) is 0 Å². The molecule has 0 fully saturated rings. The minimum atomic E-state index is -0.469. The number of aromatic nitrogens is 2. The van der Waals surface area contributed by atoms with Crippen LogP contribution in [0.15, 0.2) is 79.1 Å². The molecule has 3 N–H and O–H groups in total. The Bertz CT molecular complexity index is 1050. The first-order valence-corrected chi connectivity index (χ1v) is 8.36. The van der Waals surface area contributed by atoms with Gasteiger partial charge in [0.25, 0.3) is 5.91 Å². The van der Waals surface area contributed by atoms with Crippen LogP contribution in [0.25, 0.3) is 16.7 Å². The van der Waals surface area contributed by atoms with Crippen LogP contribution in [-0.2, 0) is 6.54 Å². The number of amides is 1. The van der Waals surface area contributed by atoms with Crippen molar-refractivity contribution in [3.63, 3.8) is 0 Å². The van der Waals surface area contributed by atoms with Crippen molar-refractivity contribution in [2.45, 2.75) is 6.54 Å². The SMILES string of the molecule is NC(=O)c1cccc2c1ncn2-c1ccc(CNc2ccccc2)cc1. The van der Waals surface area contributed by atoms with E-state index >= 15 is 0 Å². The van der Waals surface area contributed by atoms with E-state index in [4.69, 9.17) is 5.73 Å². The Balaban J connectivity index is 1.58. The Morgan fingerprint density at radius 1 is 0.962 bits per heavy atom. The number of hydrogen-bond acceptors (Lipinski definition) is 3. The summed E-state index contributed by atoms with van der Waals surface area (Å²) in [4.78, 5) is 15.9. The Hall–Kier alpha value is -3.60. The van der Waals surface area contributed by atoms with Gasteiger partial charge in [0.05, 0.1) is 11.1 Å². The van der Waals surface area contributed by atoms with Gasteiger partial charge >= 0.3 is 0 Å². The third kappa shape index (κ3) is 3.02. The van der Waals surface area contributed by atoms with Crippen LogP contribution in [0.5, 0.6) is 0 Å². The van der Waals surface area contributed by atoms with Crippen molar-refractivity contribution in [1.29, 1.82) is 0 Å². The number of benzene rings is 3. The second-order valence-electron chi connectivity index (χ2n) is 6.04. The summed E-state index contributed by atoms with van der Waals surface area (Å²) in [5, 5.41) is 3.39. The molecule has 0 unspecified atom stereocenters. The Kier molecular flexibility index (Phi) is 4.11. The topological polar surface area (TPSA) is 72.9 Å². The molecular weight excluding hydrogens is 324 g/mol. The number of para-hydroxylation sites is 2. The number of carbonyl (C=O) groups is 1. The Morgan fingerprint density at radius 3 is 2.46 bits per heavy atom. The van der Waals surface area contributed by atoms with E-state index in [1.54, 1.807) is 12.4 Å². The first-order chi connectivity index (χ1) is 12.7. The quantitative estimate of drug-likeness (QED) is 0.580. The van der Waals surface area contributed by atoms with Gasteiger partial charge in [0.1, 0.15) is 11.8 Å². The monoisotopic (exact) mass is 342 g/mol. The maximum atomic E-state index is 11.6. The fraction of sp³-hybridized carbons (Fsp3) is 0.0476. The number of primary amides is 1. The molecule has 1 heterocycles. The fourth-order valence-corrected chi connectivity index (χ4v) is 2.98. The first kappa shape index (κ1) is 15.9. The molecule has 0 aliphatic carbocycles. The molecule has 128 valence electrons. The van der Waals surface area contributed by atoms with E-state index in [0.717, 1.165) is 23.4 Å². The molecular formula is C21H18N4O. The van der Waals surface area contributed by atoms with Gasteiger partial charge < -0.3 is 11.1 Å². The molecule has 3 aromatic carbocycles. The third-order valence-corrected chi connectivity index (χ3v) is 4.33. The van der Waals surface area contributed by atoms with Gasteiger partial charge in [-0.3, -0.25) is 9.36 Å². The average Bonchev–Trinajstić information content (AvgIpc) is 3.11. The van der Waals surface area contributed by atoms with Crippen LogP contribution in [0.2, 0.25) is 0 Å². The van der Waals surface area contributed by atoms with Crippen LogP contribution in [-0.4, -0.2) is 15.5 Å². The summed E-state index contributed by atoms with van der Waals surface area (Å²) in [6, 6.07) is 23.8. The van der Waals surface area contributed by atoms with Crippen molar-refractivity contribution < 1.29 is 4.79 Å². The standard InChI is InChI=1S/C21H18N4O/c22-21(26)18-7-4-8-19-20(18)24-14-25(19)17-11-9-15(10-12-17)13-23-16-5-2-1-3-6-16/h1-12,14,23H,13H2,(H2,22,26). The second kappa shape index (κ2) is 6.72. The van der Waals surface area contributed by atoms with E-state index in [9.17, 15) is 4.79 Å². The molecule has 1 aromatic heterocycles. The van der Waals surface area contributed by atoms with Crippen molar-refractivity contribution in [2.75, 3.05) is 5.32 Å².